The Morgan fingerprint density at radius 1 is 1.19 bits per heavy atom. The van der Waals surface area contributed by atoms with E-state index in [2.05, 4.69) is 5.32 Å². The first kappa shape index (κ1) is 24.0. The van der Waals surface area contributed by atoms with E-state index in [4.69, 9.17) is 4.74 Å². The summed E-state index contributed by atoms with van der Waals surface area (Å²) in [7, 11) is -3.87. The minimum Gasteiger partial charge on any atom is -0.494 e. The lowest BCUT2D eigenvalue weighted by atomic mass is 9.98. The zero-order valence-electron chi connectivity index (χ0n) is 17.2. The standard InChI is InChI=1S/C21H22F4N2O4S/c1-2-31-16-6-8-17(9-7-16)32(29,30)27-11-3-4-14(13-27)20(28)26-15-5-10-19(22)18(12-15)21(23,24)25/h5-10,12,14H,2-4,11,13H2,1H3,(H,26,28). The number of halogens is 4. The van der Waals surface area contributed by atoms with Crippen LogP contribution in [0.4, 0.5) is 23.2 Å². The lowest BCUT2D eigenvalue weighted by molar-refractivity contribution is -0.140. The monoisotopic (exact) mass is 474 g/mol. The number of anilines is 1. The van der Waals surface area contributed by atoms with E-state index < -0.39 is 39.4 Å². The number of alkyl halides is 3. The van der Waals surface area contributed by atoms with Gasteiger partial charge in [-0.05, 0) is 62.2 Å². The van der Waals surface area contributed by atoms with Crippen LogP contribution in [-0.2, 0) is 21.0 Å². The van der Waals surface area contributed by atoms with Crippen molar-refractivity contribution in [1.29, 1.82) is 0 Å². The molecule has 1 atom stereocenters. The summed E-state index contributed by atoms with van der Waals surface area (Å²) >= 11 is 0. The quantitative estimate of drug-likeness (QED) is 0.634. The van der Waals surface area contributed by atoms with Crippen LogP contribution in [0.5, 0.6) is 5.75 Å². The molecule has 2 aromatic carbocycles. The first-order valence-corrected chi connectivity index (χ1v) is 11.4. The number of amides is 1. The Kier molecular flexibility index (Phi) is 7.09. The van der Waals surface area contributed by atoms with Crippen LogP contribution in [0.25, 0.3) is 0 Å². The van der Waals surface area contributed by atoms with E-state index >= 15 is 0 Å². The number of sulfonamides is 1. The van der Waals surface area contributed by atoms with Gasteiger partial charge in [0, 0.05) is 18.8 Å². The Bertz CT molecular complexity index is 1070. The molecule has 11 heteroatoms. The minimum atomic E-state index is -4.90. The Labute approximate surface area is 183 Å². The lowest BCUT2D eigenvalue weighted by Crippen LogP contribution is -2.43. The summed E-state index contributed by atoms with van der Waals surface area (Å²) in [5.41, 5.74) is -1.70. The maximum absolute atomic E-state index is 13.5. The van der Waals surface area contributed by atoms with Crippen LogP contribution >= 0.6 is 0 Å². The first-order chi connectivity index (χ1) is 15.0. The molecular formula is C21H22F4N2O4S. The molecule has 2 aromatic rings. The van der Waals surface area contributed by atoms with Gasteiger partial charge < -0.3 is 10.1 Å². The smallest absolute Gasteiger partial charge is 0.419 e. The molecule has 1 unspecified atom stereocenters. The molecule has 1 fully saturated rings. The molecule has 6 nitrogen and oxygen atoms in total. The summed E-state index contributed by atoms with van der Waals surface area (Å²) < 4.78 is 84.6. The number of carbonyl (C=O) groups is 1. The highest BCUT2D eigenvalue weighted by Crippen LogP contribution is 2.33. The highest BCUT2D eigenvalue weighted by Gasteiger charge is 2.36. The van der Waals surface area contributed by atoms with Crippen molar-refractivity contribution in [3.8, 4) is 5.75 Å². The second kappa shape index (κ2) is 9.45. The molecule has 1 heterocycles. The van der Waals surface area contributed by atoms with E-state index in [1.54, 1.807) is 6.92 Å². The zero-order chi connectivity index (χ0) is 23.5. The largest absolute Gasteiger partial charge is 0.494 e. The molecule has 1 aliphatic rings. The normalized spacial score (nSPS) is 17.7. The molecule has 1 aliphatic heterocycles. The predicted octanol–water partition coefficient (Wildman–Crippen LogP) is 4.28. The van der Waals surface area contributed by atoms with Crippen molar-refractivity contribution in [3.63, 3.8) is 0 Å². The topological polar surface area (TPSA) is 75.7 Å². The molecule has 0 spiro atoms. The van der Waals surface area contributed by atoms with Crippen molar-refractivity contribution in [3.05, 3.63) is 53.8 Å². The third-order valence-corrected chi connectivity index (χ3v) is 6.95. The number of ether oxygens (including phenoxy) is 1. The highest BCUT2D eigenvalue weighted by molar-refractivity contribution is 7.89. The van der Waals surface area contributed by atoms with Gasteiger partial charge in [0.2, 0.25) is 15.9 Å². The molecule has 0 aromatic heterocycles. The van der Waals surface area contributed by atoms with Crippen molar-refractivity contribution < 1.29 is 35.5 Å². The Balaban J connectivity index is 1.72. The van der Waals surface area contributed by atoms with Crippen LogP contribution in [0, 0.1) is 11.7 Å². The van der Waals surface area contributed by atoms with Crippen LogP contribution in [0.15, 0.2) is 47.4 Å². The van der Waals surface area contributed by atoms with Crippen LogP contribution in [0.2, 0.25) is 0 Å². The zero-order valence-corrected chi connectivity index (χ0v) is 18.0. The third-order valence-electron chi connectivity index (χ3n) is 5.07. The number of hydrogen-bond donors (Lipinski definition) is 1. The maximum Gasteiger partial charge on any atom is 0.419 e. The summed E-state index contributed by atoms with van der Waals surface area (Å²) in [5.74, 6) is -2.31. The van der Waals surface area contributed by atoms with E-state index in [-0.39, 0.29) is 23.7 Å². The Morgan fingerprint density at radius 2 is 1.88 bits per heavy atom. The van der Waals surface area contributed by atoms with Gasteiger partial charge in [-0.1, -0.05) is 0 Å². The van der Waals surface area contributed by atoms with E-state index in [1.165, 1.54) is 28.6 Å². The number of benzene rings is 2. The van der Waals surface area contributed by atoms with Gasteiger partial charge in [-0.3, -0.25) is 4.79 Å². The fourth-order valence-electron chi connectivity index (χ4n) is 3.46. The van der Waals surface area contributed by atoms with Gasteiger partial charge in [0.05, 0.1) is 23.0 Å². The van der Waals surface area contributed by atoms with Gasteiger partial charge in [-0.2, -0.15) is 17.5 Å². The molecule has 3 rings (SSSR count). The Hall–Kier alpha value is -2.66. The van der Waals surface area contributed by atoms with Crippen molar-refractivity contribution in [2.75, 3.05) is 25.0 Å². The van der Waals surface area contributed by atoms with Crippen LogP contribution in [0.1, 0.15) is 25.3 Å². The molecule has 0 bridgehead atoms. The average molecular weight is 474 g/mol. The fourth-order valence-corrected chi connectivity index (χ4v) is 4.99. The molecule has 1 N–H and O–H groups in total. The van der Waals surface area contributed by atoms with Gasteiger partial charge in [-0.15, -0.1) is 0 Å². The summed E-state index contributed by atoms with van der Waals surface area (Å²) in [6, 6.07) is 8.09. The van der Waals surface area contributed by atoms with Gasteiger partial charge in [-0.25, -0.2) is 12.8 Å². The number of rotatable bonds is 6. The van der Waals surface area contributed by atoms with E-state index in [9.17, 15) is 30.8 Å². The van der Waals surface area contributed by atoms with Gasteiger partial charge in [0.1, 0.15) is 11.6 Å². The van der Waals surface area contributed by atoms with Gasteiger partial charge in [0.25, 0.3) is 0 Å². The number of piperidine rings is 1. The third kappa shape index (κ3) is 5.39. The van der Waals surface area contributed by atoms with Crippen molar-refractivity contribution in [2.24, 2.45) is 5.92 Å². The first-order valence-electron chi connectivity index (χ1n) is 9.93. The van der Waals surface area contributed by atoms with Crippen LogP contribution in [0.3, 0.4) is 0 Å². The van der Waals surface area contributed by atoms with Crippen molar-refractivity contribution >= 4 is 21.6 Å². The van der Waals surface area contributed by atoms with Crippen LogP contribution < -0.4 is 10.1 Å². The molecule has 0 saturated carbocycles. The van der Waals surface area contributed by atoms with Crippen molar-refractivity contribution in [2.45, 2.75) is 30.8 Å². The predicted molar refractivity (Wildman–Crippen MR) is 109 cm³/mol. The molecular weight excluding hydrogens is 452 g/mol. The van der Waals surface area contributed by atoms with E-state index in [1.807, 2.05) is 0 Å². The molecule has 0 radical (unpaired) electrons. The molecule has 1 amide bonds. The molecule has 1 saturated heterocycles. The molecule has 32 heavy (non-hydrogen) atoms. The van der Waals surface area contributed by atoms with Crippen LogP contribution in [-0.4, -0.2) is 38.3 Å². The highest BCUT2D eigenvalue weighted by atomic mass is 32.2. The molecule has 0 aliphatic carbocycles. The average Bonchev–Trinajstić information content (AvgIpc) is 2.75. The van der Waals surface area contributed by atoms with E-state index in [0.29, 0.717) is 37.3 Å². The lowest BCUT2D eigenvalue weighted by Gasteiger charge is -2.31. The summed E-state index contributed by atoms with van der Waals surface area (Å²) in [6.07, 6.45) is -4.13. The Morgan fingerprint density at radius 3 is 2.50 bits per heavy atom. The number of carbonyl (C=O) groups excluding carboxylic acids is 1. The SMILES string of the molecule is CCOc1ccc(S(=O)(=O)N2CCCC(C(=O)Nc3ccc(F)c(C(F)(F)F)c3)C2)cc1. The van der Waals surface area contributed by atoms with Gasteiger partial charge >= 0.3 is 6.18 Å². The summed E-state index contributed by atoms with van der Waals surface area (Å²) in [4.78, 5) is 12.7. The van der Waals surface area contributed by atoms with E-state index in [0.717, 1.165) is 6.07 Å². The van der Waals surface area contributed by atoms with Gasteiger partial charge in [0.15, 0.2) is 0 Å². The number of nitrogens with one attached hydrogen (secondary N) is 1. The summed E-state index contributed by atoms with van der Waals surface area (Å²) in [5, 5.41) is 2.34. The maximum atomic E-state index is 13.5. The summed E-state index contributed by atoms with van der Waals surface area (Å²) in [6.45, 7) is 2.34. The number of hydrogen-bond acceptors (Lipinski definition) is 4. The second-order valence-corrected chi connectivity index (χ2v) is 9.23. The molecule has 174 valence electrons. The number of nitrogens with zero attached hydrogens (tertiary/aromatic N) is 1. The second-order valence-electron chi connectivity index (χ2n) is 7.29. The van der Waals surface area contributed by atoms with Crippen molar-refractivity contribution in [1.82, 2.24) is 4.31 Å². The fraction of sp³-hybridized carbons (Fsp3) is 0.381. The minimum absolute atomic E-state index is 0.0513.